The van der Waals surface area contributed by atoms with Crippen LogP contribution in [0.5, 0.6) is 0 Å². The lowest BCUT2D eigenvalue weighted by atomic mass is 9.56. The molecule has 1 rings (SSSR count). The summed E-state index contributed by atoms with van der Waals surface area (Å²) in [4.78, 5) is 0. The standard InChI is InChI=1S/C8H16O/c1-7(2)4-8(3,5-7)6-9/h9H,4-6H2,1-3H3. The quantitative estimate of drug-likeness (QED) is 0.571. The van der Waals surface area contributed by atoms with E-state index in [0.29, 0.717) is 12.0 Å². The number of aliphatic hydroxyl groups is 1. The number of rotatable bonds is 1. The van der Waals surface area contributed by atoms with E-state index in [0.717, 1.165) is 0 Å². The molecule has 1 aliphatic carbocycles. The molecule has 0 saturated heterocycles. The Bertz CT molecular complexity index is 108. The van der Waals surface area contributed by atoms with Gasteiger partial charge in [0.2, 0.25) is 0 Å². The fraction of sp³-hybridized carbons (Fsp3) is 1.00. The Balaban J connectivity index is 2.41. The van der Waals surface area contributed by atoms with Gasteiger partial charge in [0.15, 0.2) is 0 Å². The predicted molar refractivity (Wildman–Crippen MR) is 38.2 cm³/mol. The maximum atomic E-state index is 8.88. The SMILES string of the molecule is CC1(C)CC(C)(CO)C1. The van der Waals surface area contributed by atoms with Crippen LogP contribution in [-0.2, 0) is 0 Å². The van der Waals surface area contributed by atoms with Crippen molar-refractivity contribution in [2.45, 2.75) is 33.6 Å². The van der Waals surface area contributed by atoms with Gasteiger partial charge in [-0.1, -0.05) is 20.8 Å². The Morgan fingerprint density at radius 1 is 1.22 bits per heavy atom. The van der Waals surface area contributed by atoms with Crippen molar-refractivity contribution >= 4 is 0 Å². The Morgan fingerprint density at radius 2 is 1.67 bits per heavy atom. The Kier molecular flexibility index (Phi) is 1.35. The molecule has 0 amide bonds. The number of hydrogen-bond acceptors (Lipinski definition) is 1. The van der Waals surface area contributed by atoms with Crippen molar-refractivity contribution < 1.29 is 5.11 Å². The first-order valence-corrected chi connectivity index (χ1v) is 3.58. The zero-order chi connectivity index (χ0) is 7.12. The third kappa shape index (κ3) is 1.26. The van der Waals surface area contributed by atoms with E-state index in [1.54, 1.807) is 0 Å². The summed E-state index contributed by atoms with van der Waals surface area (Å²) in [5.41, 5.74) is 0.751. The predicted octanol–water partition coefficient (Wildman–Crippen LogP) is 1.80. The van der Waals surface area contributed by atoms with Gasteiger partial charge in [-0.25, -0.2) is 0 Å². The van der Waals surface area contributed by atoms with Crippen LogP contribution in [0.25, 0.3) is 0 Å². The maximum Gasteiger partial charge on any atom is 0.0485 e. The molecule has 0 spiro atoms. The minimum atomic E-state index is 0.253. The van der Waals surface area contributed by atoms with Crippen molar-refractivity contribution in [3.63, 3.8) is 0 Å². The van der Waals surface area contributed by atoms with E-state index in [9.17, 15) is 0 Å². The molecule has 0 heterocycles. The summed E-state index contributed by atoms with van der Waals surface area (Å²) in [6.45, 7) is 7.02. The zero-order valence-electron chi connectivity index (χ0n) is 6.57. The van der Waals surface area contributed by atoms with Crippen LogP contribution in [0.4, 0.5) is 0 Å². The van der Waals surface area contributed by atoms with Crippen LogP contribution in [-0.4, -0.2) is 11.7 Å². The summed E-state index contributed by atoms with van der Waals surface area (Å²) < 4.78 is 0. The molecule has 54 valence electrons. The van der Waals surface area contributed by atoms with Gasteiger partial charge in [0.05, 0.1) is 0 Å². The zero-order valence-corrected chi connectivity index (χ0v) is 6.57. The van der Waals surface area contributed by atoms with Crippen LogP contribution >= 0.6 is 0 Å². The van der Waals surface area contributed by atoms with E-state index in [1.165, 1.54) is 12.8 Å². The topological polar surface area (TPSA) is 20.2 Å². The van der Waals surface area contributed by atoms with Gasteiger partial charge in [-0.05, 0) is 23.7 Å². The largest absolute Gasteiger partial charge is 0.396 e. The average Bonchev–Trinajstić information content (AvgIpc) is 1.61. The summed E-state index contributed by atoms with van der Waals surface area (Å²) in [7, 11) is 0. The normalized spacial score (nSPS) is 29.3. The van der Waals surface area contributed by atoms with E-state index in [4.69, 9.17) is 5.11 Å². The lowest BCUT2D eigenvalue weighted by molar-refractivity contribution is -0.0399. The molecule has 9 heavy (non-hydrogen) atoms. The third-order valence-corrected chi connectivity index (χ3v) is 2.19. The molecule has 1 aliphatic rings. The average molecular weight is 128 g/mol. The van der Waals surface area contributed by atoms with Crippen LogP contribution < -0.4 is 0 Å². The van der Waals surface area contributed by atoms with Crippen LogP contribution in [0.15, 0.2) is 0 Å². The van der Waals surface area contributed by atoms with E-state index in [1.807, 2.05) is 0 Å². The van der Waals surface area contributed by atoms with Crippen molar-refractivity contribution in [3.8, 4) is 0 Å². The van der Waals surface area contributed by atoms with E-state index in [-0.39, 0.29) is 5.41 Å². The molecule has 1 saturated carbocycles. The lowest BCUT2D eigenvalue weighted by Crippen LogP contribution is -2.43. The fourth-order valence-electron chi connectivity index (χ4n) is 2.37. The molecule has 1 fully saturated rings. The van der Waals surface area contributed by atoms with Gasteiger partial charge in [-0.15, -0.1) is 0 Å². The highest BCUT2D eigenvalue weighted by Crippen LogP contribution is 2.53. The van der Waals surface area contributed by atoms with Gasteiger partial charge in [-0.2, -0.15) is 0 Å². The second-order valence-electron chi connectivity index (χ2n) is 4.49. The van der Waals surface area contributed by atoms with Gasteiger partial charge in [0.1, 0.15) is 0 Å². The molecule has 0 bridgehead atoms. The van der Waals surface area contributed by atoms with E-state index >= 15 is 0 Å². The van der Waals surface area contributed by atoms with Gasteiger partial charge in [-0.3, -0.25) is 0 Å². The molecular formula is C8H16O. The third-order valence-electron chi connectivity index (χ3n) is 2.19. The van der Waals surface area contributed by atoms with Crippen molar-refractivity contribution in [2.24, 2.45) is 10.8 Å². The minimum Gasteiger partial charge on any atom is -0.396 e. The van der Waals surface area contributed by atoms with Crippen LogP contribution in [0.1, 0.15) is 33.6 Å². The van der Waals surface area contributed by atoms with Crippen molar-refractivity contribution in [3.05, 3.63) is 0 Å². The molecule has 0 aromatic carbocycles. The maximum absolute atomic E-state index is 8.88. The lowest BCUT2D eigenvalue weighted by Gasteiger charge is -2.50. The summed E-state index contributed by atoms with van der Waals surface area (Å²) in [5, 5.41) is 8.88. The molecule has 0 aromatic rings. The Hall–Kier alpha value is -0.0400. The second-order valence-corrected chi connectivity index (χ2v) is 4.49. The Morgan fingerprint density at radius 3 is 1.78 bits per heavy atom. The molecule has 0 radical (unpaired) electrons. The highest BCUT2D eigenvalue weighted by Gasteiger charge is 2.44. The minimum absolute atomic E-state index is 0.253. The van der Waals surface area contributed by atoms with Gasteiger partial charge in [0.25, 0.3) is 0 Å². The van der Waals surface area contributed by atoms with Crippen molar-refractivity contribution in [1.29, 1.82) is 0 Å². The van der Waals surface area contributed by atoms with Crippen LogP contribution in [0, 0.1) is 10.8 Å². The molecule has 0 aromatic heterocycles. The first-order valence-electron chi connectivity index (χ1n) is 3.58. The smallest absolute Gasteiger partial charge is 0.0485 e. The second kappa shape index (κ2) is 1.72. The fourth-order valence-corrected chi connectivity index (χ4v) is 2.37. The van der Waals surface area contributed by atoms with Gasteiger partial charge >= 0.3 is 0 Å². The number of aliphatic hydroxyl groups excluding tert-OH is 1. The molecule has 0 aliphatic heterocycles. The summed E-state index contributed by atoms with van der Waals surface area (Å²) in [6.07, 6.45) is 2.35. The summed E-state index contributed by atoms with van der Waals surface area (Å²) >= 11 is 0. The first-order chi connectivity index (χ1) is 3.97. The van der Waals surface area contributed by atoms with Crippen molar-refractivity contribution in [2.75, 3.05) is 6.61 Å². The van der Waals surface area contributed by atoms with Gasteiger partial charge < -0.3 is 5.11 Å². The van der Waals surface area contributed by atoms with Crippen molar-refractivity contribution in [1.82, 2.24) is 0 Å². The van der Waals surface area contributed by atoms with Gasteiger partial charge in [0, 0.05) is 6.61 Å². The van der Waals surface area contributed by atoms with Crippen LogP contribution in [0.3, 0.4) is 0 Å². The van der Waals surface area contributed by atoms with Crippen LogP contribution in [0.2, 0.25) is 0 Å². The summed E-state index contributed by atoms with van der Waals surface area (Å²) in [6, 6.07) is 0. The first kappa shape index (κ1) is 7.07. The Labute approximate surface area is 57.1 Å². The molecule has 0 unspecified atom stereocenters. The molecule has 1 nitrogen and oxygen atoms in total. The molecule has 0 atom stereocenters. The highest BCUT2D eigenvalue weighted by atomic mass is 16.3. The van der Waals surface area contributed by atoms with E-state index in [2.05, 4.69) is 20.8 Å². The molecular weight excluding hydrogens is 112 g/mol. The monoisotopic (exact) mass is 128 g/mol. The molecule has 1 heteroatoms. The van der Waals surface area contributed by atoms with E-state index < -0.39 is 0 Å². The highest BCUT2D eigenvalue weighted by molar-refractivity contribution is 4.95. The number of hydrogen-bond donors (Lipinski definition) is 1. The molecule has 1 N–H and O–H groups in total. The summed E-state index contributed by atoms with van der Waals surface area (Å²) in [5.74, 6) is 0.